The lowest BCUT2D eigenvalue weighted by Gasteiger charge is -2.23. The van der Waals surface area contributed by atoms with E-state index in [9.17, 15) is 0 Å². The third-order valence-electron chi connectivity index (χ3n) is 3.64. The highest BCUT2D eigenvalue weighted by atomic mass is 15.2. The predicted molar refractivity (Wildman–Crippen MR) is 61.7 cm³/mol. The molecule has 1 aliphatic carbocycles. The summed E-state index contributed by atoms with van der Waals surface area (Å²) in [6.45, 7) is 5.56. The Labute approximate surface area is 91.9 Å². The van der Waals surface area contributed by atoms with Gasteiger partial charge in [0.2, 0.25) is 0 Å². The fourth-order valence-corrected chi connectivity index (χ4v) is 2.42. The molecule has 1 heterocycles. The molecule has 0 amide bonds. The Balaban J connectivity index is 1.99. The summed E-state index contributed by atoms with van der Waals surface area (Å²) in [5.74, 6) is 0. The van der Waals surface area contributed by atoms with E-state index in [0.29, 0.717) is 11.5 Å². The van der Waals surface area contributed by atoms with Gasteiger partial charge in [0.05, 0.1) is 6.20 Å². The Morgan fingerprint density at radius 2 is 2.33 bits per heavy atom. The van der Waals surface area contributed by atoms with Crippen molar-refractivity contribution in [2.24, 2.45) is 12.5 Å². The molecule has 1 unspecified atom stereocenters. The molecule has 15 heavy (non-hydrogen) atoms. The van der Waals surface area contributed by atoms with Crippen LogP contribution in [0.3, 0.4) is 0 Å². The Morgan fingerprint density at radius 1 is 1.60 bits per heavy atom. The van der Waals surface area contributed by atoms with Gasteiger partial charge in [0.15, 0.2) is 0 Å². The molecule has 1 aromatic heterocycles. The lowest BCUT2D eigenvalue weighted by atomic mass is 9.91. The zero-order chi connectivity index (χ0) is 10.9. The molecule has 1 N–H and O–H groups in total. The highest BCUT2D eigenvalue weighted by molar-refractivity contribution is 5.14. The summed E-state index contributed by atoms with van der Waals surface area (Å²) in [7, 11) is 1.98. The molecular formula is C12H21N3. The first-order chi connectivity index (χ1) is 7.16. The maximum absolute atomic E-state index is 4.23. The van der Waals surface area contributed by atoms with E-state index in [1.54, 1.807) is 0 Å². The molecule has 1 saturated carbocycles. The lowest BCUT2D eigenvalue weighted by molar-refractivity contribution is 0.355. The molecule has 1 fully saturated rings. The molecule has 0 saturated heterocycles. The van der Waals surface area contributed by atoms with Crippen molar-refractivity contribution in [3.05, 3.63) is 18.0 Å². The van der Waals surface area contributed by atoms with Crippen molar-refractivity contribution in [3.8, 4) is 0 Å². The number of aromatic nitrogens is 2. The largest absolute Gasteiger partial charge is 0.314 e. The van der Waals surface area contributed by atoms with Crippen LogP contribution in [0.15, 0.2) is 12.4 Å². The number of nitrogens with one attached hydrogen (secondary N) is 1. The van der Waals surface area contributed by atoms with Crippen LogP contribution in [0.4, 0.5) is 0 Å². The van der Waals surface area contributed by atoms with Gasteiger partial charge < -0.3 is 5.32 Å². The van der Waals surface area contributed by atoms with Crippen LogP contribution < -0.4 is 5.32 Å². The van der Waals surface area contributed by atoms with Gasteiger partial charge in [-0.15, -0.1) is 0 Å². The Kier molecular flexibility index (Phi) is 2.83. The topological polar surface area (TPSA) is 29.9 Å². The van der Waals surface area contributed by atoms with E-state index >= 15 is 0 Å². The summed E-state index contributed by atoms with van der Waals surface area (Å²) in [6.07, 6.45) is 8.03. The van der Waals surface area contributed by atoms with Gasteiger partial charge in [-0.1, -0.05) is 6.92 Å². The van der Waals surface area contributed by atoms with E-state index < -0.39 is 0 Å². The summed E-state index contributed by atoms with van der Waals surface area (Å²) >= 11 is 0. The second kappa shape index (κ2) is 3.97. The molecule has 1 aromatic rings. The molecule has 3 heteroatoms. The van der Waals surface area contributed by atoms with Gasteiger partial charge in [-0.05, 0) is 43.7 Å². The van der Waals surface area contributed by atoms with Crippen LogP contribution in [0.25, 0.3) is 0 Å². The maximum Gasteiger partial charge on any atom is 0.0521 e. The summed E-state index contributed by atoms with van der Waals surface area (Å²) < 4.78 is 1.89. The Bertz CT molecular complexity index is 325. The first kappa shape index (κ1) is 10.7. The van der Waals surface area contributed by atoms with Crippen molar-refractivity contribution in [2.45, 2.75) is 39.2 Å². The van der Waals surface area contributed by atoms with Gasteiger partial charge >= 0.3 is 0 Å². The van der Waals surface area contributed by atoms with E-state index in [4.69, 9.17) is 0 Å². The zero-order valence-electron chi connectivity index (χ0n) is 9.95. The molecule has 0 radical (unpaired) electrons. The number of hydrogen-bond donors (Lipinski definition) is 1. The van der Waals surface area contributed by atoms with Crippen LogP contribution >= 0.6 is 0 Å². The number of nitrogens with zero attached hydrogens (tertiary/aromatic N) is 2. The normalized spacial score (nSPS) is 20.2. The maximum atomic E-state index is 4.23. The van der Waals surface area contributed by atoms with E-state index in [1.165, 1.54) is 24.8 Å². The molecule has 84 valence electrons. The minimum absolute atomic E-state index is 0.513. The van der Waals surface area contributed by atoms with E-state index in [0.717, 1.165) is 6.54 Å². The van der Waals surface area contributed by atoms with E-state index in [-0.39, 0.29) is 0 Å². The average Bonchev–Trinajstić information content (AvgIpc) is 2.86. The summed E-state index contributed by atoms with van der Waals surface area (Å²) in [5, 5.41) is 7.78. The lowest BCUT2D eigenvalue weighted by Crippen LogP contribution is -2.35. The van der Waals surface area contributed by atoms with Gasteiger partial charge in [0.25, 0.3) is 0 Å². The van der Waals surface area contributed by atoms with Crippen LogP contribution in [0.1, 0.15) is 32.3 Å². The van der Waals surface area contributed by atoms with Gasteiger partial charge in [-0.25, -0.2) is 0 Å². The average molecular weight is 207 g/mol. The van der Waals surface area contributed by atoms with Gasteiger partial charge in [0.1, 0.15) is 0 Å². The molecule has 0 spiro atoms. The number of rotatable bonds is 5. The van der Waals surface area contributed by atoms with Crippen LogP contribution in [0.2, 0.25) is 0 Å². The predicted octanol–water partition coefficient (Wildman–Crippen LogP) is 1.74. The fraction of sp³-hybridized carbons (Fsp3) is 0.750. The molecule has 1 aliphatic rings. The molecule has 3 nitrogen and oxygen atoms in total. The van der Waals surface area contributed by atoms with Crippen LogP contribution in [-0.2, 0) is 13.5 Å². The van der Waals surface area contributed by atoms with Crippen molar-refractivity contribution in [1.29, 1.82) is 0 Å². The summed E-state index contributed by atoms with van der Waals surface area (Å²) in [5.41, 5.74) is 1.89. The smallest absolute Gasteiger partial charge is 0.0521 e. The summed E-state index contributed by atoms with van der Waals surface area (Å²) in [4.78, 5) is 0. The fourth-order valence-electron chi connectivity index (χ4n) is 2.42. The van der Waals surface area contributed by atoms with Gasteiger partial charge in [0, 0.05) is 19.3 Å². The first-order valence-corrected chi connectivity index (χ1v) is 5.87. The monoisotopic (exact) mass is 207 g/mol. The van der Waals surface area contributed by atoms with E-state index in [2.05, 4.69) is 30.5 Å². The van der Waals surface area contributed by atoms with Crippen LogP contribution in [-0.4, -0.2) is 22.4 Å². The number of aryl methyl sites for hydroxylation is 1. The molecule has 1 atom stereocenters. The van der Waals surface area contributed by atoms with Gasteiger partial charge in [-0.3, -0.25) is 4.68 Å². The second-order valence-electron chi connectivity index (χ2n) is 4.84. The van der Waals surface area contributed by atoms with Crippen molar-refractivity contribution >= 4 is 0 Å². The minimum atomic E-state index is 0.513. The van der Waals surface area contributed by atoms with Crippen LogP contribution in [0.5, 0.6) is 0 Å². The molecular weight excluding hydrogens is 186 g/mol. The molecule has 2 rings (SSSR count). The highest BCUT2D eigenvalue weighted by Crippen LogP contribution is 2.51. The molecule has 0 aromatic carbocycles. The molecule has 0 bridgehead atoms. The molecule has 0 aliphatic heterocycles. The summed E-state index contributed by atoms with van der Waals surface area (Å²) in [6, 6.07) is 0.628. The third-order valence-corrected chi connectivity index (χ3v) is 3.64. The van der Waals surface area contributed by atoms with E-state index in [1.807, 2.05) is 17.9 Å². The highest BCUT2D eigenvalue weighted by Gasteiger charge is 2.46. The zero-order valence-corrected chi connectivity index (χ0v) is 9.95. The van der Waals surface area contributed by atoms with Crippen molar-refractivity contribution < 1.29 is 0 Å². The van der Waals surface area contributed by atoms with Crippen molar-refractivity contribution in [1.82, 2.24) is 15.1 Å². The van der Waals surface area contributed by atoms with Gasteiger partial charge in [-0.2, -0.15) is 5.10 Å². The first-order valence-electron chi connectivity index (χ1n) is 5.87. The number of hydrogen-bond acceptors (Lipinski definition) is 2. The third kappa shape index (κ3) is 2.23. The Hall–Kier alpha value is -0.830. The Morgan fingerprint density at radius 3 is 2.80 bits per heavy atom. The van der Waals surface area contributed by atoms with Crippen molar-refractivity contribution in [3.63, 3.8) is 0 Å². The quantitative estimate of drug-likeness (QED) is 0.797. The van der Waals surface area contributed by atoms with Crippen LogP contribution in [0, 0.1) is 5.41 Å². The minimum Gasteiger partial charge on any atom is -0.314 e. The second-order valence-corrected chi connectivity index (χ2v) is 4.84. The SMILES string of the molecule is CCNC(C)C1(Cc2cnn(C)c2)CC1. The van der Waals surface area contributed by atoms with Crippen molar-refractivity contribution in [2.75, 3.05) is 6.54 Å². The standard InChI is InChI=1S/C12H21N3/c1-4-13-10(2)12(5-6-12)7-11-8-14-15(3)9-11/h8-10,13H,4-7H2,1-3H3.